The van der Waals surface area contributed by atoms with Gasteiger partial charge in [-0.3, -0.25) is 9.88 Å². The third-order valence-corrected chi connectivity index (χ3v) is 9.99. The van der Waals surface area contributed by atoms with Gasteiger partial charge in [-0.2, -0.15) is 0 Å². The van der Waals surface area contributed by atoms with Gasteiger partial charge in [0.1, 0.15) is 11.6 Å². The van der Waals surface area contributed by atoms with Crippen LogP contribution in [0.2, 0.25) is 0 Å². The van der Waals surface area contributed by atoms with Gasteiger partial charge in [0.25, 0.3) is 0 Å². The zero-order valence-corrected chi connectivity index (χ0v) is 23.7. The minimum atomic E-state index is -0.235. The van der Waals surface area contributed by atoms with Gasteiger partial charge in [-0.15, -0.1) is 11.3 Å². The molecule has 0 amide bonds. The van der Waals surface area contributed by atoms with E-state index in [0.29, 0.717) is 0 Å². The SMILES string of the molecule is c1ccc2cc3c(cc2c1)c1ccccc1n3C1=NC(c2ccc3c(c2)sc2ccccc23)c2c(oc3ccccc23)N1. The third-order valence-electron chi connectivity index (χ3n) is 8.85. The average Bonchev–Trinajstić information content (AvgIpc) is 3.72. The molecule has 9 aromatic rings. The summed E-state index contributed by atoms with van der Waals surface area (Å²) in [5.74, 6) is 1.51. The highest BCUT2D eigenvalue weighted by molar-refractivity contribution is 7.25. The van der Waals surface area contributed by atoms with E-state index in [2.05, 4.69) is 125 Å². The van der Waals surface area contributed by atoms with E-state index in [0.717, 1.165) is 45.0 Å². The van der Waals surface area contributed by atoms with Crippen molar-refractivity contribution in [2.75, 3.05) is 5.32 Å². The van der Waals surface area contributed by atoms with Crippen LogP contribution in [0.4, 0.5) is 5.88 Å². The summed E-state index contributed by atoms with van der Waals surface area (Å²) in [4.78, 5) is 5.51. The maximum absolute atomic E-state index is 6.50. The molecule has 0 spiro atoms. The van der Waals surface area contributed by atoms with E-state index in [1.807, 2.05) is 23.5 Å². The summed E-state index contributed by atoms with van der Waals surface area (Å²) in [5.41, 5.74) is 5.31. The minimum absolute atomic E-state index is 0.235. The highest BCUT2D eigenvalue weighted by atomic mass is 32.1. The lowest BCUT2D eigenvalue weighted by molar-refractivity contribution is 0.623. The fourth-order valence-corrected chi connectivity index (χ4v) is 8.06. The Morgan fingerprint density at radius 3 is 2.23 bits per heavy atom. The number of aromatic nitrogens is 1. The van der Waals surface area contributed by atoms with Crippen LogP contribution in [0.3, 0.4) is 0 Å². The van der Waals surface area contributed by atoms with E-state index >= 15 is 0 Å². The zero-order valence-electron chi connectivity index (χ0n) is 22.9. The number of nitrogens with zero attached hydrogens (tertiary/aromatic N) is 2. The number of hydrogen-bond acceptors (Lipinski definition) is 4. The fourth-order valence-electron chi connectivity index (χ4n) is 6.90. The average molecular weight is 570 g/mol. The first-order chi connectivity index (χ1) is 21.3. The van der Waals surface area contributed by atoms with Crippen molar-refractivity contribution < 1.29 is 4.42 Å². The highest BCUT2D eigenvalue weighted by Gasteiger charge is 2.31. The molecule has 0 saturated heterocycles. The van der Waals surface area contributed by atoms with Gasteiger partial charge in [-0.1, -0.05) is 91.0 Å². The summed E-state index contributed by atoms with van der Waals surface area (Å²) in [7, 11) is 0. The molecule has 0 aliphatic carbocycles. The van der Waals surface area contributed by atoms with E-state index in [-0.39, 0.29) is 6.04 Å². The van der Waals surface area contributed by atoms with Gasteiger partial charge in [-0.25, -0.2) is 4.99 Å². The Balaban J connectivity index is 1.26. The van der Waals surface area contributed by atoms with Crippen LogP contribution in [0.5, 0.6) is 0 Å². The summed E-state index contributed by atoms with van der Waals surface area (Å²) in [6.45, 7) is 0. The lowest BCUT2D eigenvalue weighted by Crippen LogP contribution is -2.27. The van der Waals surface area contributed by atoms with Gasteiger partial charge in [-0.05, 0) is 52.7 Å². The van der Waals surface area contributed by atoms with Gasteiger partial charge in [0.15, 0.2) is 0 Å². The molecule has 0 bridgehead atoms. The Morgan fingerprint density at radius 1 is 0.605 bits per heavy atom. The molecule has 1 atom stereocenters. The molecule has 0 fully saturated rings. The van der Waals surface area contributed by atoms with Crippen LogP contribution in [0, 0.1) is 0 Å². The summed E-state index contributed by atoms with van der Waals surface area (Å²) in [5, 5.41) is 12.1. The van der Waals surface area contributed by atoms with Crippen molar-refractivity contribution >= 4 is 86.9 Å². The van der Waals surface area contributed by atoms with Crippen molar-refractivity contribution in [1.29, 1.82) is 0 Å². The molecule has 1 N–H and O–H groups in total. The Labute approximate surface area is 250 Å². The molecular formula is C38H23N3OS. The van der Waals surface area contributed by atoms with E-state index in [9.17, 15) is 0 Å². The first kappa shape index (κ1) is 23.2. The quantitative estimate of drug-likeness (QED) is 0.214. The minimum Gasteiger partial charge on any atom is -0.440 e. The molecule has 202 valence electrons. The van der Waals surface area contributed by atoms with Crippen LogP contribution >= 0.6 is 11.3 Å². The Kier molecular flexibility index (Phi) is 4.62. The number of aliphatic imine (C=N–C) groups is 1. The molecule has 4 heterocycles. The number of thiophene rings is 1. The van der Waals surface area contributed by atoms with Gasteiger partial charge >= 0.3 is 0 Å². The van der Waals surface area contributed by atoms with Crippen LogP contribution < -0.4 is 5.32 Å². The highest BCUT2D eigenvalue weighted by Crippen LogP contribution is 2.45. The van der Waals surface area contributed by atoms with Crippen LogP contribution in [0.15, 0.2) is 137 Å². The van der Waals surface area contributed by atoms with E-state index in [4.69, 9.17) is 9.41 Å². The number of furan rings is 1. The predicted molar refractivity (Wildman–Crippen MR) is 181 cm³/mol. The van der Waals surface area contributed by atoms with Gasteiger partial charge in [0, 0.05) is 36.3 Å². The normalized spacial score (nSPS) is 15.1. The number of benzene rings is 6. The number of rotatable bonds is 1. The predicted octanol–water partition coefficient (Wildman–Crippen LogP) is 10.5. The maximum atomic E-state index is 6.50. The number of fused-ring (bicyclic) bond motifs is 10. The zero-order chi connectivity index (χ0) is 28.1. The van der Waals surface area contributed by atoms with E-state index < -0.39 is 0 Å². The molecular weight excluding hydrogens is 547 g/mol. The second-order valence-corrected chi connectivity index (χ2v) is 12.3. The lowest BCUT2D eigenvalue weighted by atomic mass is 9.96. The van der Waals surface area contributed by atoms with Crippen LogP contribution in [-0.2, 0) is 0 Å². The summed E-state index contributed by atoms with van der Waals surface area (Å²) >= 11 is 1.84. The summed E-state index contributed by atoms with van der Waals surface area (Å²) in [6.07, 6.45) is 0. The van der Waals surface area contributed by atoms with Crippen LogP contribution in [0.25, 0.3) is 63.7 Å². The molecule has 0 radical (unpaired) electrons. The number of nitrogens with one attached hydrogen (secondary N) is 1. The van der Waals surface area contributed by atoms with Crippen LogP contribution in [0.1, 0.15) is 17.2 Å². The Hall–Kier alpha value is -5.39. The van der Waals surface area contributed by atoms with Crippen molar-refractivity contribution in [1.82, 2.24) is 4.57 Å². The third kappa shape index (κ3) is 3.28. The Bertz CT molecular complexity index is 2620. The van der Waals surface area contributed by atoms with Crippen molar-refractivity contribution in [2.24, 2.45) is 4.99 Å². The standard InChI is InChI=1S/C38H23N3OS/c1-2-10-23-20-31-29(19-22(23)9-1)25-11-3-6-14-30(25)41(31)38-39-36(35-28-13-4-7-15-32(28)42-37(35)40-38)24-17-18-27-26-12-5-8-16-33(26)43-34(27)21-24/h1-21,36H,(H,39,40). The largest absolute Gasteiger partial charge is 0.440 e. The molecule has 1 aliphatic rings. The molecule has 0 saturated carbocycles. The molecule has 10 rings (SSSR count). The molecule has 5 heteroatoms. The first-order valence-corrected chi connectivity index (χ1v) is 15.3. The topological polar surface area (TPSA) is 42.5 Å². The fraction of sp³-hybridized carbons (Fsp3) is 0.0263. The molecule has 1 unspecified atom stereocenters. The molecule has 4 nitrogen and oxygen atoms in total. The summed E-state index contributed by atoms with van der Waals surface area (Å²) < 4.78 is 11.3. The maximum Gasteiger partial charge on any atom is 0.211 e. The van der Waals surface area contributed by atoms with E-state index in [1.165, 1.54) is 41.7 Å². The van der Waals surface area contributed by atoms with Crippen LogP contribution in [-0.4, -0.2) is 10.5 Å². The number of hydrogen-bond donors (Lipinski definition) is 1. The molecule has 1 aliphatic heterocycles. The molecule has 43 heavy (non-hydrogen) atoms. The second kappa shape index (κ2) is 8.57. The van der Waals surface area contributed by atoms with Crippen molar-refractivity contribution in [3.63, 3.8) is 0 Å². The van der Waals surface area contributed by atoms with Crippen molar-refractivity contribution in [3.05, 3.63) is 139 Å². The monoisotopic (exact) mass is 569 g/mol. The van der Waals surface area contributed by atoms with Gasteiger partial charge in [0.05, 0.1) is 16.6 Å². The van der Waals surface area contributed by atoms with Crippen molar-refractivity contribution in [3.8, 4) is 0 Å². The number of para-hydroxylation sites is 2. The lowest BCUT2D eigenvalue weighted by Gasteiger charge is -2.23. The van der Waals surface area contributed by atoms with Gasteiger partial charge < -0.3 is 4.42 Å². The smallest absolute Gasteiger partial charge is 0.211 e. The van der Waals surface area contributed by atoms with Gasteiger partial charge in [0.2, 0.25) is 11.8 Å². The first-order valence-electron chi connectivity index (χ1n) is 14.5. The number of anilines is 1. The molecule has 3 aromatic heterocycles. The molecule has 6 aromatic carbocycles. The van der Waals surface area contributed by atoms with E-state index in [1.54, 1.807) is 0 Å². The second-order valence-electron chi connectivity index (χ2n) is 11.2. The van der Waals surface area contributed by atoms with Crippen molar-refractivity contribution in [2.45, 2.75) is 6.04 Å². The summed E-state index contributed by atoms with van der Waals surface area (Å²) in [6, 6.07) is 45.2. The Morgan fingerprint density at radius 2 is 1.33 bits per heavy atom.